The first-order valence-electron chi connectivity index (χ1n) is 5.20. The molecule has 0 saturated heterocycles. The molecule has 2 rings (SSSR count). The summed E-state index contributed by atoms with van der Waals surface area (Å²) in [5.41, 5.74) is -0.300. The molecule has 0 aliphatic heterocycles. The minimum absolute atomic E-state index is 0.117. The molecule has 2 heterocycles. The summed E-state index contributed by atoms with van der Waals surface area (Å²) >= 11 is 2.97. The molecule has 100 valence electrons. The molecule has 0 saturated carbocycles. The SMILES string of the molecule is FC(F)(F)c1cc(Br)cnc1NCc1cccnn1. The second-order valence-electron chi connectivity index (χ2n) is 3.62. The summed E-state index contributed by atoms with van der Waals surface area (Å²) in [4.78, 5) is 3.73. The van der Waals surface area contributed by atoms with Gasteiger partial charge in [0.1, 0.15) is 5.82 Å². The predicted octanol–water partition coefficient (Wildman–Crippen LogP) is 3.27. The van der Waals surface area contributed by atoms with Crippen LogP contribution in [0.4, 0.5) is 19.0 Å². The van der Waals surface area contributed by atoms with Crippen molar-refractivity contribution in [3.63, 3.8) is 0 Å². The van der Waals surface area contributed by atoms with E-state index in [4.69, 9.17) is 0 Å². The van der Waals surface area contributed by atoms with Crippen molar-refractivity contribution in [1.82, 2.24) is 15.2 Å². The molecular weight excluding hydrogens is 325 g/mol. The number of pyridine rings is 1. The summed E-state index contributed by atoms with van der Waals surface area (Å²) in [7, 11) is 0. The summed E-state index contributed by atoms with van der Waals surface area (Å²) in [6.45, 7) is 0.117. The highest BCUT2D eigenvalue weighted by Gasteiger charge is 2.34. The van der Waals surface area contributed by atoms with Crippen molar-refractivity contribution in [1.29, 1.82) is 0 Å². The van der Waals surface area contributed by atoms with Crippen molar-refractivity contribution in [3.05, 3.63) is 46.3 Å². The van der Waals surface area contributed by atoms with E-state index >= 15 is 0 Å². The molecule has 19 heavy (non-hydrogen) atoms. The fourth-order valence-electron chi connectivity index (χ4n) is 1.40. The lowest BCUT2D eigenvalue weighted by Gasteiger charge is -2.13. The monoisotopic (exact) mass is 332 g/mol. The van der Waals surface area contributed by atoms with Crippen LogP contribution < -0.4 is 5.32 Å². The average Bonchev–Trinajstić information content (AvgIpc) is 2.37. The van der Waals surface area contributed by atoms with E-state index in [1.54, 1.807) is 12.1 Å². The molecule has 0 unspecified atom stereocenters. The number of hydrogen-bond acceptors (Lipinski definition) is 4. The molecule has 0 atom stereocenters. The van der Waals surface area contributed by atoms with Crippen LogP contribution in [0.3, 0.4) is 0 Å². The first-order chi connectivity index (χ1) is 8.97. The molecule has 1 N–H and O–H groups in total. The first kappa shape index (κ1) is 13.7. The van der Waals surface area contributed by atoms with Crippen LogP contribution in [0.5, 0.6) is 0 Å². The largest absolute Gasteiger partial charge is 0.419 e. The van der Waals surface area contributed by atoms with Gasteiger partial charge in [0, 0.05) is 16.9 Å². The van der Waals surface area contributed by atoms with Crippen LogP contribution in [0, 0.1) is 0 Å². The van der Waals surface area contributed by atoms with E-state index in [1.165, 1.54) is 12.4 Å². The van der Waals surface area contributed by atoms with Crippen molar-refractivity contribution in [2.24, 2.45) is 0 Å². The van der Waals surface area contributed by atoms with Crippen LogP contribution in [-0.4, -0.2) is 15.2 Å². The van der Waals surface area contributed by atoms with Crippen molar-refractivity contribution in [2.75, 3.05) is 5.32 Å². The summed E-state index contributed by atoms with van der Waals surface area (Å²) < 4.78 is 38.7. The maximum atomic E-state index is 12.8. The molecule has 0 bridgehead atoms. The molecule has 0 amide bonds. The van der Waals surface area contributed by atoms with Crippen LogP contribution in [0.15, 0.2) is 35.1 Å². The van der Waals surface area contributed by atoms with E-state index < -0.39 is 11.7 Å². The van der Waals surface area contributed by atoms with Gasteiger partial charge in [-0.1, -0.05) is 0 Å². The zero-order valence-electron chi connectivity index (χ0n) is 9.45. The lowest BCUT2D eigenvalue weighted by atomic mass is 10.2. The number of nitrogens with one attached hydrogen (secondary N) is 1. The lowest BCUT2D eigenvalue weighted by molar-refractivity contribution is -0.137. The van der Waals surface area contributed by atoms with E-state index in [-0.39, 0.29) is 16.8 Å². The maximum Gasteiger partial charge on any atom is 0.419 e. The molecule has 2 aromatic rings. The maximum absolute atomic E-state index is 12.8. The van der Waals surface area contributed by atoms with Crippen LogP contribution in [0.25, 0.3) is 0 Å². The fourth-order valence-corrected chi connectivity index (χ4v) is 1.73. The normalized spacial score (nSPS) is 11.4. The number of halogens is 4. The highest BCUT2D eigenvalue weighted by Crippen LogP contribution is 2.35. The number of rotatable bonds is 3. The minimum atomic E-state index is -4.47. The van der Waals surface area contributed by atoms with Crippen molar-refractivity contribution in [3.8, 4) is 0 Å². The molecule has 2 aromatic heterocycles. The molecule has 4 nitrogen and oxygen atoms in total. The van der Waals surface area contributed by atoms with Gasteiger partial charge in [-0.25, -0.2) is 4.98 Å². The Morgan fingerprint density at radius 3 is 2.74 bits per heavy atom. The van der Waals surface area contributed by atoms with Gasteiger partial charge in [-0.15, -0.1) is 0 Å². The van der Waals surface area contributed by atoms with Crippen molar-refractivity contribution in [2.45, 2.75) is 12.7 Å². The molecule has 0 spiro atoms. The zero-order valence-corrected chi connectivity index (χ0v) is 11.0. The Balaban J connectivity index is 2.21. The Morgan fingerprint density at radius 2 is 2.11 bits per heavy atom. The van der Waals surface area contributed by atoms with E-state index in [1.807, 2.05) is 0 Å². The third kappa shape index (κ3) is 3.63. The van der Waals surface area contributed by atoms with Gasteiger partial charge in [0.2, 0.25) is 0 Å². The van der Waals surface area contributed by atoms with Gasteiger partial charge >= 0.3 is 6.18 Å². The van der Waals surface area contributed by atoms with E-state index in [9.17, 15) is 13.2 Å². The van der Waals surface area contributed by atoms with Gasteiger partial charge in [-0.05, 0) is 34.1 Å². The van der Waals surface area contributed by atoms with Gasteiger partial charge < -0.3 is 5.32 Å². The summed E-state index contributed by atoms with van der Waals surface area (Å²) in [5.74, 6) is -0.235. The van der Waals surface area contributed by atoms with Crippen LogP contribution in [0.1, 0.15) is 11.3 Å². The summed E-state index contributed by atoms with van der Waals surface area (Å²) in [6.07, 6.45) is -1.68. The van der Waals surface area contributed by atoms with E-state index in [0.29, 0.717) is 5.69 Å². The van der Waals surface area contributed by atoms with Gasteiger partial charge in [0.25, 0.3) is 0 Å². The zero-order chi connectivity index (χ0) is 13.9. The van der Waals surface area contributed by atoms with Crippen LogP contribution in [-0.2, 0) is 12.7 Å². The molecule has 8 heteroatoms. The van der Waals surface area contributed by atoms with Crippen LogP contribution >= 0.6 is 15.9 Å². The second-order valence-corrected chi connectivity index (χ2v) is 4.53. The lowest BCUT2D eigenvalue weighted by Crippen LogP contribution is -2.13. The topological polar surface area (TPSA) is 50.7 Å². The van der Waals surface area contributed by atoms with E-state index in [0.717, 1.165) is 6.07 Å². The number of alkyl halides is 3. The summed E-state index contributed by atoms with van der Waals surface area (Å²) in [5, 5.41) is 10.0. The number of anilines is 1. The second kappa shape index (κ2) is 5.52. The molecule has 0 fully saturated rings. The molecule has 0 aliphatic carbocycles. The Bertz CT molecular complexity index is 560. The molecule has 0 aliphatic rings. The van der Waals surface area contributed by atoms with Crippen LogP contribution in [0.2, 0.25) is 0 Å². The Kier molecular flexibility index (Phi) is 3.98. The quantitative estimate of drug-likeness (QED) is 0.937. The smallest absolute Gasteiger partial charge is 0.364 e. The van der Waals surface area contributed by atoms with Gasteiger partial charge in [0.15, 0.2) is 0 Å². The molecule has 0 aromatic carbocycles. The number of aromatic nitrogens is 3. The van der Waals surface area contributed by atoms with Gasteiger partial charge in [-0.2, -0.15) is 23.4 Å². The average molecular weight is 333 g/mol. The first-order valence-corrected chi connectivity index (χ1v) is 5.99. The van der Waals surface area contributed by atoms with Crippen molar-refractivity contribution < 1.29 is 13.2 Å². The fraction of sp³-hybridized carbons (Fsp3) is 0.182. The van der Waals surface area contributed by atoms with Crippen molar-refractivity contribution >= 4 is 21.7 Å². The Hall–Kier alpha value is -1.70. The van der Waals surface area contributed by atoms with Gasteiger partial charge in [0.05, 0.1) is 17.8 Å². The Labute approximate surface area is 115 Å². The van der Waals surface area contributed by atoms with Gasteiger partial charge in [-0.3, -0.25) is 0 Å². The number of nitrogens with zero attached hydrogens (tertiary/aromatic N) is 3. The standard InChI is InChI=1S/C11H8BrF3N4/c12-7-4-9(11(13,14)15)10(16-5-7)17-6-8-2-1-3-18-19-8/h1-5H,6H2,(H,16,17). The Morgan fingerprint density at radius 1 is 1.32 bits per heavy atom. The number of hydrogen-bond donors (Lipinski definition) is 1. The highest BCUT2D eigenvalue weighted by molar-refractivity contribution is 9.10. The molecule has 0 radical (unpaired) electrons. The molecular formula is C11H8BrF3N4. The predicted molar refractivity (Wildman–Crippen MR) is 66.3 cm³/mol. The van der Waals surface area contributed by atoms with E-state index in [2.05, 4.69) is 36.4 Å². The third-order valence-electron chi connectivity index (χ3n) is 2.22. The minimum Gasteiger partial charge on any atom is -0.364 e. The summed E-state index contributed by atoms with van der Waals surface area (Å²) in [6, 6.07) is 4.29. The third-order valence-corrected chi connectivity index (χ3v) is 2.66. The highest BCUT2D eigenvalue weighted by atomic mass is 79.9.